The topological polar surface area (TPSA) is 65.4 Å². The van der Waals surface area contributed by atoms with Gasteiger partial charge in [-0.3, -0.25) is 4.79 Å². The Kier molecular flexibility index (Phi) is 6.87. The Bertz CT molecular complexity index is 1380. The largest absolute Gasteiger partial charge is 0.494 e. The maximum Gasteiger partial charge on any atom is 0.321 e. The van der Waals surface area contributed by atoms with E-state index in [1.54, 1.807) is 41.2 Å². The van der Waals surface area contributed by atoms with Gasteiger partial charge in [-0.1, -0.05) is 6.07 Å². The molecule has 4 aromatic rings. The van der Waals surface area contributed by atoms with E-state index in [0.29, 0.717) is 34.8 Å². The quantitative estimate of drug-likeness (QED) is 0.320. The number of benzene rings is 3. The van der Waals surface area contributed by atoms with Gasteiger partial charge in [0.05, 0.1) is 30.6 Å². The van der Waals surface area contributed by atoms with Gasteiger partial charge in [0.1, 0.15) is 17.7 Å². The third-order valence-electron chi connectivity index (χ3n) is 5.59. The van der Waals surface area contributed by atoms with E-state index < -0.39 is 29.8 Å². The fourth-order valence-electron chi connectivity index (χ4n) is 3.75. The Morgan fingerprint density at radius 3 is 2.42 bits per heavy atom. The molecule has 0 fully saturated rings. The van der Waals surface area contributed by atoms with E-state index in [9.17, 15) is 22.4 Å². The molecule has 1 heterocycles. The van der Waals surface area contributed by atoms with Crippen molar-refractivity contribution in [2.45, 2.75) is 31.9 Å². The van der Waals surface area contributed by atoms with E-state index >= 15 is 0 Å². The first kappa shape index (κ1) is 25.0. The Morgan fingerprint density at radius 1 is 1.06 bits per heavy atom. The van der Waals surface area contributed by atoms with Crippen LogP contribution in [0.25, 0.3) is 16.6 Å². The number of carbonyl (C=O) groups excluding carboxylic acids is 1. The summed E-state index contributed by atoms with van der Waals surface area (Å²) in [5.41, 5.74) is 1.68. The Labute approximate surface area is 204 Å². The molecule has 4 rings (SSSR count). The molecule has 0 aliphatic rings. The summed E-state index contributed by atoms with van der Waals surface area (Å²) >= 11 is 0. The predicted molar refractivity (Wildman–Crippen MR) is 126 cm³/mol. The number of hydrogen-bond acceptors (Lipinski definition) is 4. The van der Waals surface area contributed by atoms with Crippen molar-refractivity contribution in [3.63, 3.8) is 0 Å². The summed E-state index contributed by atoms with van der Waals surface area (Å²) < 4.78 is 67.4. The highest BCUT2D eigenvalue weighted by Gasteiger charge is 2.35. The third-order valence-corrected chi connectivity index (χ3v) is 5.59. The first-order valence-electron chi connectivity index (χ1n) is 11.0. The summed E-state index contributed by atoms with van der Waals surface area (Å²) in [5, 5.41) is 7.27. The molecule has 0 spiro atoms. The highest BCUT2D eigenvalue weighted by atomic mass is 19.3. The molecule has 0 aliphatic carbocycles. The van der Waals surface area contributed by atoms with Gasteiger partial charge in [0.15, 0.2) is 11.6 Å². The van der Waals surface area contributed by atoms with E-state index in [1.807, 2.05) is 0 Å². The minimum absolute atomic E-state index is 0.00362. The molecule has 0 aliphatic heterocycles. The maximum atomic E-state index is 14.4. The lowest BCUT2D eigenvalue weighted by Crippen LogP contribution is -2.46. The standard InChI is InChI=1S/C26H23F4N3O3/c1-15(32-25(34)26(2,29)30)24(16-4-11-23(35-3)21(28)13-16)36-20-9-10-22-17(12-20)14-31-33(22)19-7-5-18(27)6-8-19/h4-15,24H,1-3H3,(H,32,34)/t15-,24-/m0/s1. The molecule has 1 N–H and O–H groups in total. The normalized spacial score (nSPS) is 13.3. The predicted octanol–water partition coefficient (Wildman–Crippen LogP) is 5.59. The molecule has 188 valence electrons. The van der Waals surface area contributed by atoms with Crippen molar-refractivity contribution >= 4 is 16.8 Å². The van der Waals surface area contributed by atoms with Gasteiger partial charge < -0.3 is 14.8 Å². The van der Waals surface area contributed by atoms with Gasteiger partial charge in [-0.2, -0.15) is 13.9 Å². The van der Waals surface area contributed by atoms with Gasteiger partial charge in [-0.05, 0) is 67.1 Å². The zero-order valence-electron chi connectivity index (χ0n) is 19.6. The van der Waals surface area contributed by atoms with Crippen LogP contribution in [0.2, 0.25) is 0 Å². The van der Waals surface area contributed by atoms with E-state index in [2.05, 4.69) is 10.4 Å². The summed E-state index contributed by atoms with van der Waals surface area (Å²) in [4.78, 5) is 11.9. The van der Waals surface area contributed by atoms with Gasteiger partial charge in [0.25, 0.3) is 5.91 Å². The molecule has 0 unspecified atom stereocenters. The van der Waals surface area contributed by atoms with Gasteiger partial charge in [-0.25, -0.2) is 13.5 Å². The van der Waals surface area contributed by atoms with Crippen LogP contribution in [0.4, 0.5) is 17.6 Å². The Hall–Kier alpha value is -4.08. The van der Waals surface area contributed by atoms with Crippen LogP contribution in [0.5, 0.6) is 11.5 Å². The molecule has 36 heavy (non-hydrogen) atoms. The third kappa shape index (κ3) is 5.27. The summed E-state index contributed by atoms with van der Waals surface area (Å²) in [5.74, 6) is -5.77. The number of aromatic nitrogens is 2. The Morgan fingerprint density at radius 2 is 1.78 bits per heavy atom. The second-order valence-corrected chi connectivity index (χ2v) is 8.34. The van der Waals surface area contributed by atoms with Crippen molar-refractivity contribution in [2.75, 3.05) is 7.11 Å². The molecule has 0 bridgehead atoms. The zero-order chi connectivity index (χ0) is 26.0. The number of amides is 1. The summed E-state index contributed by atoms with van der Waals surface area (Å²) in [6.45, 7) is 1.98. The maximum absolute atomic E-state index is 14.4. The van der Waals surface area contributed by atoms with Crippen LogP contribution >= 0.6 is 0 Å². The molecule has 0 saturated carbocycles. The van der Waals surface area contributed by atoms with E-state index in [-0.39, 0.29) is 11.6 Å². The van der Waals surface area contributed by atoms with Crippen molar-refractivity contribution < 1.29 is 31.8 Å². The number of fused-ring (bicyclic) bond motifs is 1. The average molecular weight is 501 g/mol. The lowest BCUT2D eigenvalue weighted by molar-refractivity contribution is -0.144. The van der Waals surface area contributed by atoms with Crippen LogP contribution in [0, 0.1) is 11.6 Å². The molecular weight excluding hydrogens is 478 g/mol. The second-order valence-electron chi connectivity index (χ2n) is 8.34. The molecule has 10 heteroatoms. The van der Waals surface area contributed by atoms with Crippen LogP contribution in [-0.4, -0.2) is 34.8 Å². The zero-order valence-corrected chi connectivity index (χ0v) is 19.6. The minimum Gasteiger partial charge on any atom is -0.494 e. The van der Waals surface area contributed by atoms with Gasteiger partial charge in [0, 0.05) is 12.3 Å². The van der Waals surface area contributed by atoms with Crippen molar-refractivity contribution in [2.24, 2.45) is 0 Å². The van der Waals surface area contributed by atoms with Crippen LogP contribution in [0.15, 0.2) is 66.9 Å². The highest BCUT2D eigenvalue weighted by molar-refractivity contribution is 5.83. The fraction of sp³-hybridized carbons (Fsp3) is 0.231. The van der Waals surface area contributed by atoms with Crippen LogP contribution < -0.4 is 14.8 Å². The van der Waals surface area contributed by atoms with Crippen molar-refractivity contribution in [1.29, 1.82) is 0 Å². The molecule has 6 nitrogen and oxygen atoms in total. The van der Waals surface area contributed by atoms with Crippen molar-refractivity contribution in [3.8, 4) is 17.2 Å². The van der Waals surface area contributed by atoms with E-state index in [1.165, 1.54) is 44.4 Å². The lowest BCUT2D eigenvalue weighted by Gasteiger charge is -2.27. The first-order chi connectivity index (χ1) is 17.1. The summed E-state index contributed by atoms with van der Waals surface area (Å²) in [6.07, 6.45) is 0.581. The minimum atomic E-state index is -3.60. The number of rotatable bonds is 8. The number of halogens is 4. The number of nitrogens with one attached hydrogen (secondary N) is 1. The number of ether oxygens (including phenoxy) is 2. The van der Waals surface area contributed by atoms with Crippen molar-refractivity contribution in [3.05, 3.63) is 84.1 Å². The van der Waals surface area contributed by atoms with E-state index in [4.69, 9.17) is 9.47 Å². The monoisotopic (exact) mass is 501 g/mol. The highest BCUT2D eigenvalue weighted by Crippen LogP contribution is 2.31. The molecule has 3 aromatic carbocycles. The van der Waals surface area contributed by atoms with Crippen molar-refractivity contribution in [1.82, 2.24) is 15.1 Å². The molecule has 1 aromatic heterocycles. The molecule has 2 atom stereocenters. The fourth-order valence-corrected chi connectivity index (χ4v) is 3.75. The molecular formula is C26H23F4N3O3. The number of nitrogens with zero attached hydrogens (tertiary/aromatic N) is 2. The first-order valence-corrected chi connectivity index (χ1v) is 11.0. The number of hydrogen-bond donors (Lipinski definition) is 1. The molecule has 1 amide bonds. The molecule has 0 radical (unpaired) electrons. The van der Waals surface area contributed by atoms with E-state index in [0.717, 1.165) is 0 Å². The van der Waals surface area contributed by atoms with Crippen LogP contribution in [0.1, 0.15) is 25.5 Å². The lowest BCUT2D eigenvalue weighted by atomic mass is 10.0. The second kappa shape index (κ2) is 9.88. The number of carbonyl (C=O) groups is 1. The van der Waals surface area contributed by atoms with Gasteiger partial charge >= 0.3 is 5.92 Å². The Balaban J connectivity index is 1.66. The van der Waals surface area contributed by atoms with Gasteiger partial charge in [-0.15, -0.1) is 0 Å². The summed E-state index contributed by atoms with van der Waals surface area (Å²) in [7, 11) is 1.32. The van der Waals surface area contributed by atoms with Crippen LogP contribution in [-0.2, 0) is 4.79 Å². The molecule has 0 saturated heterocycles. The van der Waals surface area contributed by atoms with Crippen LogP contribution in [0.3, 0.4) is 0 Å². The average Bonchev–Trinajstić information content (AvgIpc) is 3.25. The SMILES string of the molecule is COc1ccc([C@@H](Oc2ccc3c(cnn3-c3ccc(F)cc3)c2)[C@H](C)NC(=O)C(C)(F)F)cc1F. The summed E-state index contributed by atoms with van der Waals surface area (Å²) in [6, 6.07) is 14.0. The smallest absolute Gasteiger partial charge is 0.321 e. The number of alkyl halides is 2. The van der Waals surface area contributed by atoms with Gasteiger partial charge in [0.2, 0.25) is 0 Å². The number of methoxy groups -OCH3 is 1.